The highest BCUT2D eigenvalue weighted by Crippen LogP contribution is 2.15. The number of rotatable bonds is 12. The van der Waals surface area contributed by atoms with Crippen LogP contribution in [0, 0.1) is 13.8 Å². The van der Waals surface area contributed by atoms with Gasteiger partial charge in [-0.1, -0.05) is 41.6 Å². The maximum absolute atomic E-state index is 13.3. The molecular formula is C29H33N5O4S. The van der Waals surface area contributed by atoms with Gasteiger partial charge in [0.05, 0.1) is 24.4 Å². The minimum absolute atomic E-state index is 0.203. The van der Waals surface area contributed by atoms with Crippen molar-refractivity contribution in [1.29, 1.82) is 0 Å². The fraction of sp³-hybridized carbons (Fsp3) is 0.310. The lowest BCUT2D eigenvalue weighted by molar-refractivity contribution is 0.0784. The van der Waals surface area contributed by atoms with Crippen LogP contribution in [-0.4, -0.2) is 57.7 Å². The lowest BCUT2D eigenvalue weighted by Crippen LogP contribution is -2.48. The van der Waals surface area contributed by atoms with E-state index >= 15 is 0 Å². The summed E-state index contributed by atoms with van der Waals surface area (Å²) in [5.41, 5.74) is 3.39. The molecule has 2 atom stereocenters. The van der Waals surface area contributed by atoms with Crippen LogP contribution in [0.25, 0.3) is 0 Å². The molecule has 0 aliphatic rings. The van der Waals surface area contributed by atoms with Gasteiger partial charge in [0.25, 0.3) is 11.8 Å². The van der Waals surface area contributed by atoms with Crippen molar-refractivity contribution < 1.29 is 19.2 Å². The van der Waals surface area contributed by atoms with E-state index in [0.29, 0.717) is 36.4 Å². The number of amides is 2. The summed E-state index contributed by atoms with van der Waals surface area (Å²) in [5, 5.41) is 23.9. The highest BCUT2D eigenvalue weighted by molar-refractivity contribution is 7.09. The van der Waals surface area contributed by atoms with Crippen LogP contribution in [-0.2, 0) is 19.5 Å². The van der Waals surface area contributed by atoms with Gasteiger partial charge in [-0.05, 0) is 44.0 Å². The SMILES string of the molecule is Cc1csc(CN(C)C(=O)c2cccc(C(=O)N[C@@H](Cc3ccccc3)[C@H](O)CNCc3cc(C)on3)c2)n1. The number of aliphatic hydroxyl groups is 1. The molecule has 4 rings (SSSR count). The largest absolute Gasteiger partial charge is 0.390 e. The molecule has 0 radical (unpaired) electrons. The standard InChI is InChI=1S/C29H33N5O4S/c1-19-18-39-27(31-19)17-34(3)29(37)23-11-7-10-22(14-23)28(36)32-25(13-21-8-5-4-6-9-21)26(35)16-30-15-24-12-20(2)38-33-24/h4-12,14,18,25-26,30,35H,13,15-17H2,1-3H3,(H,32,36)/t25-,26+/m0/s1. The number of aromatic nitrogens is 2. The fourth-order valence-electron chi connectivity index (χ4n) is 4.16. The third-order valence-corrected chi connectivity index (χ3v) is 7.12. The molecule has 2 heterocycles. The van der Waals surface area contributed by atoms with Gasteiger partial charge in [-0.25, -0.2) is 4.98 Å². The third-order valence-electron chi connectivity index (χ3n) is 6.17. The first-order chi connectivity index (χ1) is 18.8. The van der Waals surface area contributed by atoms with Crippen molar-refractivity contribution in [3.05, 3.63) is 105 Å². The molecule has 2 aromatic heterocycles. The lowest BCUT2D eigenvalue weighted by Gasteiger charge is -2.25. The number of carbonyl (C=O) groups is 2. The molecule has 0 unspecified atom stereocenters. The van der Waals surface area contributed by atoms with Crippen molar-refractivity contribution >= 4 is 23.2 Å². The van der Waals surface area contributed by atoms with E-state index in [9.17, 15) is 14.7 Å². The van der Waals surface area contributed by atoms with Crippen molar-refractivity contribution in [3.8, 4) is 0 Å². The van der Waals surface area contributed by atoms with Gasteiger partial charge in [-0.3, -0.25) is 9.59 Å². The second-order valence-electron chi connectivity index (χ2n) is 9.52. The van der Waals surface area contributed by atoms with Gasteiger partial charge >= 0.3 is 0 Å². The number of benzene rings is 2. The Morgan fingerprint density at radius 2 is 1.85 bits per heavy atom. The van der Waals surface area contributed by atoms with Crippen molar-refractivity contribution in [1.82, 2.24) is 25.7 Å². The molecule has 9 nitrogen and oxygen atoms in total. The second kappa shape index (κ2) is 13.3. The topological polar surface area (TPSA) is 121 Å². The van der Waals surface area contributed by atoms with Gasteiger partial charge in [0.1, 0.15) is 10.8 Å². The molecule has 2 amide bonds. The first kappa shape index (κ1) is 28.2. The second-order valence-corrected chi connectivity index (χ2v) is 10.5. The van der Waals surface area contributed by atoms with Gasteiger partial charge in [-0.15, -0.1) is 11.3 Å². The monoisotopic (exact) mass is 547 g/mol. The highest BCUT2D eigenvalue weighted by Gasteiger charge is 2.23. The zero-order valence-corrected chi connectivity index (χ0v) is 23.1. The number of thiazole rings is 1. The molecule has 4 aromatic rings. The Labute approximate surface area is 231 Å². The Balaban J connectivity index is 1.42. The summed E-state index contributed by atoms with van der Waals surface area (Å²) < 4.78 is 5.08. The molecule has 0 aliphatic carbocycles. The Morgan fingerprint density at radius 1 is 1.08 bits per heavy atom. The highest BCUT2D eigenvalue weighted by atomic mass is 32.1. The molecule has 0 saturated heterocycles. The summed E-state index contributed by atoms with van der Waals surface area (Å²) in [4.78, 5) is 32.3. The lowest BCUT2D eigenvalue weighted by atomic mass is 10.00. The van der Waals surface area contributed by atoms with Crippen LogP contribution in [0.5, 0.6) is 0 Å². The Morgan fingerprint density at radius 3 is 2.54 bits per heavy atom. The molecule has 0 bridgehead atoms. The van der Waals surface area contributed by atoms with E-state index in [-0.39, 0.29) is 18.4 Å². The summed E-state index contributed by atoms with van der Waals surface area (Å²) in [6, 6.07) is 17.5. The van der Waals surface area contributed by atoms with Crippen LogP contribution in [0.15, 0.2) is 70.6 Å². The van der Waals surface area contributed by atoms with E-state index in [4.69, 9.17) is 4.52 Å². The van der Waals surface area contributed by atoms with Gasteiger partial charge in [0.15, 0.2) is 0 Å². The third kappa shape index (κ3) is 8.06. The quantitative estimate of drug-likeness (QED) is 0.248. The summed E-state index contributed by atoms with van der Waals surface area (Å²) >= 11 is 1.51. The predicted octanol–water partition coefficient (Wildman–Crippen LogP) is 3.51. The van der Waals surface area contributed by atoms with Crippen molar-refractivity contribution in [3.63, 3.8) is 0 Å². The smallest absolute Gasteiger partial charge is 0.253 e. The molecule has 0 saturated carbocycles. The average molecular weight is 548 g/mol. The number of hydrogen-bond donors (Lipinski definition) is 3. The fourth-order valence-corrected chi connectivity index (χ4v) is 4.98. The van der Waals surface area contributed by atoms with E-state index in [1.165, 1.54) is 11.3 Å². The van der Waals surface area contributed by atoms with Crippen LogP contribution >= 0.6 is 11.3 Å². The van der Waals surface area contributed by atoms with Crippen molar-refractivity contribution in [2.75, 3.05) is 13.6 Å². The van der Waals surface area contributed by atoms with Gasteiger partial charge in [0, 0.05) is 48.4 Å². The maximum atomic E-state index is 13.3. The van der Waals surface area contributed by atoms with E-state index in [2.05, 4.69) is 20.8 Å². The van der Waals surface area contributed by atoms with Gasteiger partial charge < -0.3 is 25.2 Å². The van der Waals surface area contributed by atoms with E-state index in [1.54, 1.807) is 36.2 Å². The Kier molecular flexibility index (Phi) is 9.59. The maximum Gasteiger partial charge on any atom is 0.253 e. The van der Waals surface area contributed by atoms with Crippen LogP contribution in [0.3, 0.4) is 0 Å². The molecule has 39 heavy (non-hydrogen) atoms. The molecule has 2 aromatic carbocycles. The van der Waals surface area contributed by atoms with Crippen molar-refractivity contribution in [2.45, 2.75) is 45.5 Å². The molecule has 3 N–H and O–H groups in total. The zero-order chi connectivity index (χ0) is 27.8. The number of hydrogen-bond acceptors (Lipinski definition) is 8. The summed E-state index contributed by atoms with van der Waals surface area (Å²) in [6.07, 6.45) is -0.438. The predicted molar refractivity (Wildman–Crippen MR) is 149 cm³/mol. The minimum atomic E-state index is -0.875. The van der Waals surface area contributed by atoms with E-state index in [0.717, 1.165) is 22.0 Å². The number of nitrogens with zero attached hydrogens (tertiary/aromatic N) is 3. The van der Waals surface area contributed by atoms with Crippen LogP contribution in [0.4, 0.5) is 0 Å². The first-order valence-electron chi connectivity index (χ1n) is 12.7. The number of aliphatic hydroxyl groups excluding tert-OH is 1. The Bertz CT molecular complexity index is 1390. The number of aryl methyl sites for hydroxylation is 2. The summed E-state index contributed by atoms with van der Waals surface area (Å²) in [6.45, 7) is 4.79. The molecular weight excluding hydrogens is 514 g/mol. The number of carbonyl (C=O) groups excluding carboxylic acids is 2. The minimum Gasteiger partial charge on any atom is -0.390 e. The first-order valence-corrected chi connectivity index (χ1v) is 13.6. The molecule has 0 spiro atoms. The van der Waals surface area contributed by atoms with E-state index in [1.807, 2.05) is 55.6 Å². The molecule has 0 aliphatic heterocycles. The van der Waals surface area contributed by atoms with Crippen LogP contribution in [0.2, 0.25) is 0 Å². The van der Waals surface area contributed by atoms with Crippen LogP contribution < -0.4 is 10.6 Å². The molecule has 0 fully saturated rings. The summed E-state index contributed by atoms with van der Waals surface area (Å²) in [5.74, 6) is 0.146. The number of nitrogens with one attached hydrogen (secondary N) is 2. The van der Waals surface area contributed by atoms with E-state index < -0.39 is 12.1 Å². The molecule has 204 valence electrons. The average Bonchev–Trinajstić information content (AvgIpc) is 3.55. The van der Waals surface area contributed by atoms with Crippen LogP contribution in [0.1, 0.15) is 48.4 Å². The normalized spacial score (nSPS) is 12.6. The van der Waals surface area contributed by atoms with Crippen molar-refractivity contribution in [2.24, 2.45) is 0 Å². The Hall–Kier alpha value is -3.86. The zero-order valence-electron chi connectivity index (χ0n) is 22.3. The molecule has 10 heteroatoms. The van der Waals surface area contributed by atoms with Gasteiger partial charge in [-0.2, -0.15) is 0 Å². The van der Waals surface area contributed by atoms with Gasteiger partial charge in [0.2, 0.25) is 0 Å². The summed E-state index contributed by atoms with van der Waals surface area (Å²) in [7, 11) is 1.71.